The van der Waals surface area contributed by atoms with Gasteiger partial charge in [-0.25, -0.2) is 5.43 Å². The lowest BCUT2D eigenvalue weighted by Gasteiger charge is -2.35. The molecule has 5 aromatic rings. The van der Waals surface area contributed by atoms with Crippen LogP contribution in [0.15, 0.2) is 79.3 Å². The first-order valence-electron chi connectivity index (χ1n) is 20.3. The number of aromatic hydroxyl groups is 1. The molecule has 1 unspecified atom stereocenters. The Morgan fingerprint density at radius 3 is 2.62 bits per heavy atom. The summed E-state index contributed by atoms with van der Waals surface area (Å²) in [6.45, 7) is 11.5. The van der Waals surface area contributed by atoms with E-state index in [2.05, 4.69) is 65.3 Å². The molecule has 2 aromatic carbocycles. The lowest BCUT2D eigenvalue weighted by molar-refractivity contribution is -0.155. The first kappa shape index (κ1) is 40.6. The molecule has 1 fully saturated rings. The highest BCUT2D eigenvalue weighted by Crippen LogP contribution is 2.42. The lowest BCUT2D eigenvalue weighted by atomic mass is 9.84. The number of benzene rings is 2. The van der Waals surface area contributed by atoms with Gasteiger partial charge in [-0.15, -0.1) is 0 Å². The van der Waals surface area contributed by atoms with Crippen molar-refractivity contribution in [2.45, 2.75) is 97.4 Å². The third kappa shape index (κ3) is 8.63. The number of phenols is 1. The van der Waals surface area contributed by atoms with Gasteiger partial charge in [-0.1, -0.05) is 32.9 Å². The van der Waals surface area contributed by atoms with Crippen molar-refractivity contribution >= 4 is 28.7 Å². The van der Waals surface area contributed by atoms with Crippen molar-refractivity contribution < 1.29 is 29.0 Å². The molecule has 7 rings (SSSR count). The molecule has 12 nitrogen and oxygen atoms in total. The fourth-order valence-corrected chi connectivity index (χ4v) is 8.41. The molecule has 304 valence electrons. The van der Waals surface area contributed by atoms with Crippen molar-refractivity contribution in [2.75, 3.05) is 20.3 Å². The standard InChI is InChI=1S/C46H54N6O6/c1-7-51-40-13-12-32-25-36(40)37(43(51)35-10-8-16-48-42(35)29(3)57-6)26-46(4,5)27-58-45(56)38-11-9-19-52(50-38)44(55)39(23-30-21-33(32)24-34(53)22-30)49-41(54)20-28(2)31-14-17-47-18-15-31/h8,10,12-18,21-22,24-25,28-29,38-39,50,53H,7,9,11,19-20,23,26-27H2,1-6H3,(H,49,54)/t28?,29-,38-,39-/m0/s1. The summed E-state index contributed by atoms with van der Waals surface area (Å²) >= 11 is 0. The van der Waals surface area contributed by atoms with E-state index in [1.807, 2.05) is 38.1 Å². The number of carbonyl (C=O) groups excluding carboxylic acids is 3. The van der Waals surface area contributed by atoms with Crippen LogP contribution < -0.4 is 10.7 Å². The second-order valence-electron chi connectivity index (χ2n) is 16.5. The Kier molecular flexibility index (Phi) is 12.0. The number of pyridine rings is 2. The van der Waals surface area contributed by atoms with Gasteiger partial charge in [-0.05, 0) is 115 Å². The van der Waals surface area contributed by atoms with Gasteiger partial charge in [-0.3, -0.25) is 29.4 Å². The second-order valence-corrected chi connectivity index (χ2v) is 16.5. The van der Waals surface area contributed by atoms with Gasteiger partial charge < -0.3 is 24.5 Å². The maximum absolute atomic E-state index is 14.3. The number of fused-ring (bicyclic) bond motifs is 6. The van der Waals surface area contributed by atoms with Crippen LogP contribution in [0.1, 0.15) is 88.3 Å². The Bertz CT molecular complexity index is 2310. The number of amides is 2. The van der Waals surface area contributed by atoms with Gasteiger partial charge in [-0.2, -0.15) is 0 Å². The number of phenolic OH excluding ortho intramolecular Hbond substituents is 1. The van der Waals surface area contributed by atoms with Crippen LogP contribution in [0.2, 0.25) is 0 Å². The Labute approximate surface area is 339 Å². The maximum Gasteiger partial charge on any atom is 0.324 e. The molecule has 3 aromatic heterocycles. The largest absolute Gasteiger partial charge is 0.508 e. The zero-order valence-corrected chi connectivity index (χ0v) is 34.2. The van der Waals surface area contributed by atoms with Crippen LogP contribution in [0.25, 0.3) is 33.3 Å². The number of carbonyl (C=O) groups is 3. The zero-order valence-electron chi connectivity index (χ0n) is 34.2. The van der Waals surface area contributed by atoms with Gasteiger partial charge in [0.2, 0.25) is 5.91 Å². The number of aryl methyl sites for hydroxylation is 1. The Balaban J connectivity index is 1.35. The number of ether oxygens (including phenoxy) is 2. The van der Waals surface area contributed by atoms with Crippen LogP contribution in [0, 0.1) is 5.41 Å². The summed E-state index contributed by atoms with van der Waals surface area (Å²) in [5, 5.41) is 16.7. The summed E-state index contributed by atoms with van der Waals surface area (Å²) in [5.41, 5.74) is 10.9. The lowest BCUT2D eigenvalue weighted by Crippen LogP contribution is -2.60. The molecule has 5 heterocycles. The molecule has 2 aliphatic rings. The number of hydrogen-bond acceptors (Lipinski definition) is 9. The minimum Gasteiger partial charge on any atom is -0.508 e. The van der Waals surface area contributed by atoms with E-state index in [1.54, 1.807) is 37.8 Å². The fourth-order valence-electron chi connectivity index (χ4n) is 8.41. The van der Waals surface area contributed by atoms with Gasteiger partial charge in [0, 0.05) is 73.5 Å². The van der Waals surface area contributed by atoms with Crippen molar-refractivity contribution in [2.24, 2.45) is 5.41 Å². The number of nitrogens with zero attached hydrogens (tertiary/aromatic N) is 4. The first-order valence-corrected chi connectivity index (χ1v) is 20.3. The maximum atomic E-state index is 14.3. The normalized spacial score (nSPS) is 19.6. The van der Waals surface area contributed by atoms with Crippen LogP contribution >= 0.6 is 0 Å². The van der Waals surface area contributed by atoms with Gasteiger partial charge in [0.25, 0.3) is 5.91 Å². The number of nitrogens with one attached hydrogen (secondary N) is 2. The number of rotatable bonds is 8. The Morgan fingerprint density at radius 1 is 1.07 bits per heavy atom. The van der Waals surface area contributed by atoms with Crippen LogP contribution in [-0.4, -0.2) is 74.8 Å². The summed E-state index contributed by atoms with van der Waals surface area (Å²) in [7, 11) is 1.68. The van der Waals surface area contributed by atoms with Crippen LogP contribution in [0.5, 0.6) is 5.75 Å². The molecule has 0 saturated carbocycles. The molecule has 2 amide bonds. The molecule has 1 saturated heterocycles. The second kappa shape index (κ2) is 17.1. The van der Waals surface area contributed by atoms with Crippen molar-refractivity contribution in [1.82, 2.24) is 30.3 Å². The molecule has 4 atom stereocenters. The minimum absolute atomic E-state index is 0.0477. The number of hydrogen-bond donors (Lipinski definition) is 3. The monoisotopic (exact) mass is 786 g/mol. The molecular formula is C46H54N6O6. The van der Waals surface area contributed by atoms with Crippen molar-refractivity contribution in [3.63, 3.8) is 0 Å². The van der Waals surface area contributed by atoms with Crippen LogP contribution in [-0.2, 0) is 43.2 Å². The predicted octanol–water partition coefficient (Wildman–Crippen LogP) is 7.04. The molecule has 3 N–H and O–H groups in total. The smallest absolute Gasteiger partial charge is 0.324 e. The molecule has 58 heavy (non-hydrogen) atoms. The summed E-state index contributed by atoms with van der Waals surface area (Å²) in [5.74, 6) is -1.15. The molecule has 0 aliphatic carbocycles. The average Bonchev–Trinajstić information content (AvgIpc) is 3.53. The van der Waals surface area contributed by atoms with Gasteiger partial charge in [0.15, 0.2) is 0 Å². The number of cyclic esters (lactones) is 1. The summed E-state index contributed by atoms with van der Waals surface area (Å²) in [6, 6.07) is 17.7. The van der Waals surface area contributed by atoms with Crippen LogP contribution in [0.3, 0.4) is 0 Å². The minimum atomic E-state index is -0.981. The fraction of sp³-hybridized carbons (Fsp3) is 0.413. The Morgan fingerprint density at radius 2 is 1.86 bits per heavy atom. The van der Waals surface area contributed by atoms with Crippen molar-refractivity contribution in [1.29, 1.82) is 0 Å². The summed E-state index contributed by atoms with van der Waals surface area (Å²) in [4.78, 5) is 50.6. The van der Waals surface area contributed by atoms with Gasteiger partial charge in [0.1, 0.15) is 17.8 Å². The molecule has 0 radical (unpaired) electrons. The third-order valence-electron chi connectivity index (χ3n) is 11.5. The SMILES string of the molecule is CCn1c(-c2cccnc2[C@H](C)OC)c2c3cc(ccc31)-c1cc(O)cc(c1)C[C@H](NC(=O)CC(C)c1ccncc1)C(=O)N1CCC[C@H](N1)C(=O)OCC(C)(C)C2. The average molecular weight is 787 g/mol. The van der Waals surface area contributed by atoms with Crippen molar-refractivity contribution in [3.8, 4) is 28.1 Å². The first-order chi connectivity index (χ1) is 27.8. The van der Waals surface area contributed by atoms with Gasteiger partial charge in [0.05, 0.1) is 24.1 Å². The highest BCUT2D eigenvalue weighted by molar-refractivity contribution is 5.95. The highest BCUT2D eigenvalue weighted by atomic mass is 16.5. The summed E-state index contributed by atoms with van der Waals surface area (Å²) in [6.07, 6.45) is 6.84. The molecular weight excluding hydrogens is 733 g/mol. The number of methoxy groups -OCH3 is 1. The van der Waals surface area contributed by atoms with E-state index < -0.39 is 23.5 Å². The molecule has 6 bridgehead atoms. The molecule has 0 spiro atoms. The summed E-state index contributed by atoms with van der Waals surface area (Å²) < 4.78 is 14.2. The third-order valence-corrected chi connectivity index (χ3v) is 11.5. The van der Waals surface area contributed by atoms with E-state index in [0.29, 0.717) is 37.9 Å². The quantitative estimate of drug-likeness (QED) is 0.141. The zero-order chi connectivity index (χ0) is 41.1. The topological polar surface area (TPSA) is 148 Å². The Hall–Kier alpha value is -5.59. The van der Waals surface area contributed by atoms with Gasteiger partial charge >= 0.3 is 5.97 Å². The molecule has 2 aliphatic heterocycles. The number of hydrazine groups is 1. The van der Waals surface area contributed by atoms with E-state index in [-0.39, 0.29) is 49.0 Å². The number of aromatic nitrogens is 3. The van der Waals surface area contributed by atoms with Crippen LogP contribution in [0.4, 0.5) is 0 Å². The van der Waals surface area contributed by atoms with E-state index in [9.17, 15) is 19.5 Å². The number of esters is 1. The molecule has 12 heteroatoms. The van der Waals surface area contributed by atoms with E-state index >= 15 is 0 Å². The highest BCUT2D eigenvalue weighted by Gasteiger charge is 2.35. The van der Waals surface area contributed by atoms with E-state index in [1.165, 1.54) is 5.01 Å². The predicted molar refractivity (Wildman–Crippen MR) is 223 cm³/mol. The van der Waals surface area contributed by atoms with E-state index in [0.717, 1.165) is 50.1 Å². The van der Waals surface area contributed by atoms with E-state index in [4.69, 9.17) is 14.5 Å². The van der Waals surface area contributed by atoms with Crippen molar-refractivity contribution in [3.05, 3.63) is 102 Å².